The minimum absolute atomic E-state index is 1.20. The summed E-state index contributed by atoms with van der Waals surface area (Å²) in [7, 11) is 0. The van der Waals surface area contributed by atoms with Crippen LogP contribution >= 0.6 is 0 Å². The summed E-state index contributed by atoms with van der Waals surface area (Å²) in [5.41, 5.74) is 2.64. The highest BCUT2D eigenvalue weighted by Gasteiger charge is 1.97. The molecule has 0 heteroatoms. The minimum atomic E-state index is 1.20. The molecule has 1 aromatic rings. The second kappa shape index (κ2) is 11.1. The highest BCUT2D eigenvalue weighted by atomic mass is 14.0. The molecule has 0 aromatic heterocycles. The van der Waals surface area contributed by atoms with Gasteiger partial charge in [0.15, 0.2) is 0 Å². The summed E-state index contributed by atoms with van der Waals surface area (Å²) in [5, 5.41) is 0. The van der Waals surface area contributed by atoms with E-state index in [1.54, 1.807) is 0 Å². The van der Waals surface area contributed by atoms with Crippen molar-refractivity contribution in [2.45, 2.75) is 77.6 Å². The van der Waals surface area contributed by atoms with E-state index in [9.17, 15) is 0 Å². The third-order valence-electron chi connectivity index (χ3n) is 3.92. The smallest absolute Gasteiger partial charge is 0.0235 e. The van der Waals surface area contributed by atoms with Crippen LogP contribution in [-0.4, -0.2) is 0 Å². The van der Waals surface area contributed by atoms with Crippen molar-refractivity contribution in [3.63, 3.8) is 0 Å². The summed E-state index contributed by atoms with van der Waals surface area (Å²) in [5.74, 6) is 0. The first-order valence-corrected chi connectivity index (χ1v) is 8.24. The summed E-state index contributed by atoms with van der Waals surface area (Å²) >= 11 is 0. The molecule has 0 bridgehead atoms. The van der Waals surface area contributed by atoms with Crippen molar-refractivity contribution >= 4 is 0 Å². The van der Waals surface area contributed by atoms with Gasteiger partial charge in [0, 0.05) is 0 Å². The number of benzene rings is 1. The molecule has 1 rings (SSSR count). The van der Waals surface area contributed by atoms with Crippen LogP contribution in [0.5, 0.6) is 0 Å². The zero-order chi connectivity index (χ0) is 13.8. The average molecular weight is 259 g/mol. The summed E-state index contributed by atoms with van der Waals surface area (Å²) in [6.07, 6.45) is 15.3. The highest BCUT2D eigenvalue weighted by Crippen LogP contribution is 2.14. The van der Waals surface area contributed by atoms with Gasteiger partial charge in [0.25, 0.3) is 0 Å². The zero-order valence-corrected chi connectivity index (χ0v) is 12.8. The fourth-order valence-corrected chi connectivity index (χ4v) is 2.60. The Hall–Kier alpha value is -0.780. The first-order chi connectivity index (χ1) is 9.34. The molecule has 0 amide bonds. The Morgan fingerprint density at radius 2 is 1.26 bits per heavy atom. The SMILES string of the molecule is [CH2]c1ccccc1CCCCCCCCCCCC. The molecule has 0 heterocycles. The number of unbranched alkanes of at least 4 members (excludes halogenated alkanes) is 9. The molecule has 0 N–H and O–H groups in total. The Balaban J connectivity index is 1.90. The zero-order valence-electron chi connectivity index (χ0n) is 12.8. The van der Waals surface area contributed by atoms with E-state index >= 15 is 0 Å². The number of aryl methyl sites for hydroxylation is 1. The largest absolute Gasteiger partial charge is 0.0654 e. The van der Waals surface area contributed by atoms with E-state index in [2.05, 4.69) is 38.1 Å². The van der Waals surface area contributed by atoms with Crippen LogP contribution in [-0.2, 0) is 6.42 Å². The summed E-state index contributed by atoms with van der Waals surface area (Å²) in [6.45, 7) is 6.37. The third kappa shape index (κ3) is 8.08. The van der Waals surface area contributed by atoms with Gasteiger partial charge >= 0.3 is 0 Å². The van der Waals surface area contributed by atoms with E-state index in [-0.39, 0.29) is 0 Å². The first-order valence-electron chi connectivity index (χ1n) is 8.24. The lowest BCUT2D eigenvalue weighted by Gasteiger charge is -2.05. The van der Waals surface area contributed by atoms with Gasteiger partial charge in [-0.3, -0.25) is 0 Å². The fraction of sp³-hybridized carbons (Fsp3) is 0.632. The van der Waals surface area contributed by atoms with E-state index < -0.39 is 0 Å². The molecule has 0 aliphatic rings. The van der Waals surface area contributed by atoms with Crippen LogP contribution in [0.25, 0.3) is 0 Å². The van der Waals surface area contributed by atoms with Crippen LogP contribution in [0.3, 0.4) is 0 Å². The molecule has 1 radical (unpaired) electrons. The van der Waals surface area contributed by atoms with Gasteiger partial charge in [-0.25, -0.2) is 0 Å². The predicted octanol–water partition coefficient (Wildman–Crippen LogP) is 6.33. The molecule has 0 aliphatic carbocycles. The lowest BCUT2D eigenvalue weighted by atomic mass is 10.0. The van der Waals surface area contributed by atoms with Crippen molar-refractivity contribution in [1.82, 2.24) is 0 Å². The van der Waals surface area contributed by atoms with Gasteiger partial charge in [-0.15, -0.1) is 0 Å². The average Bonchev–Trinajstić information content (AvgIpc) is 2.43. The van der Waals surface area contributed by atoms with Crippen molar-refractivity contribution in [2.24, 2.45) is 0 Å². The Morgan fingerprint density at radius 3 is 1.84 bits per heavy atom. The van der Waals surface area contributed by atoms with E-state index in [4.69, 9.17) is 0 Å². The van der Waals surface area contributed by atoms with Gasteiger partial charge in [0.2, 0.25) is 0 Å². The maximum absolute atomic E-state index is 4.08. The molecular weight excluding hydrogens is 228 g/mol. The normalized spacial score (nSPS) is 10.8. The Morgan fingerprint density at radius 1 is 0.737 bits per heavy atom. The maximum Gasteiger partial charge on any atom is -0.0235 e. The molecule has 0 unspecified atom stereocenters. The van der Waals surface area contributed by atoms with Crippen molar-refractivity contribution < 1.29 is 0 Å². The molecule has 0 nitrogen and oxygen atoms in total. The molecule has 107 valence electrons. The van der Waals surface area contributed by atoms with Crippen LogP contribution in [0.4, 0.5) is 0 Å². The summed E-state index contributed by atoms with van der Waals surface area (Å²) in [6, 6.07) is 8.53. The molecule has 0 fully saturated rings. The summed E-state index contributed by atoms with van der Waals surface area (Å²) < 4.78 is 0. The number of rotatable bonds is 11. The molecule has 0 atom stereocenters. The quantitative estimate of drug-likeness (QED) is 0.407. The third-order valence-corrected chi connectivity index (χ3v) is 3.92. The lowest BCUT2D eigenvalue weighted by Crippen LogP contribution is -1.89. The van der Waals surface area contributed by atoms with Gasteiger partial charge in [-0.1, -0.05) is 89.0 Å². The van der Waals surface area contributed by atoms with Crippen LogP contribution in [0.1, 0.15) is 82.3 Å². The van der Waals surface area contributed by atoms with Crippen molar-refractivity contribution in [3.8, 4) is 0 Å². The van der Waals surface area contributed by atoms with E-state index in [1.165, 1.54) is 81.8 Å². The first kappa shape index (κ1) is 16.3. The predicted molar refractivity (Wildman–Crippen MR) is 86.4 cm³/mol. The van der Waals surface area contributed by atoms with Crippen molar-refractivity contribution in [3.05, 3.63) is 42.3 Å². The fourth-order valence-electron chi connectivity index (χ4n) is 2.60. The van der Waals surface area contributed by atoms with E-state index in [0.29, 0.717) is 0 Å². The Labute approximate surface area is 120 Å². The van der Waals surface area contributed by atoms with Crippen LogP contribution in [0.2, 0.25) is 0 Å². The van der Waals surface area contributed by atoms with Gasteiger partial charge in [-0.2, -0.15) is 0 Å². The monoisotopic (exact) mass is 259 g/mol. The molecule has 19 heavy (non-hydrogen) atoms. The Kier molecular flexibility index (Phi) is 9.49. The van der Waals surface area contributed by atoms with Gasteiger partial charge in [0.05, 0.1) is 0 Å². The van der Waals surface area contributed by atoms with Gasteiger partial charge < -0.3 is 0 Å². The van der Waals surface area contributed by atoms with Crippen LogP contribution in [0.15, 0.2) is 24.3 Å². The highest BCUT2D eigenvalue weighted by molar-refractivity contribution is 5.29. The topological polar surface area (TPSA) is 0 Å². The molecule has 0 saturated carbocycles. The number of hydrogen-bond donors (Lipinski definition) is 0. The van der Waals surface area contributed by atoms with Gasteiger partial charge in [-0.05, 0) is 30.9 Å². The lowest BCUT2D eigenvalue weighted by molar-refractivity contribution is 0.556. The maximum atomic E-state index is 4.08. The Bertz CT molecular complexity index is 314. The molecule has 0 aliphatic heterocycles. The molecule has 1 aromatic carbocycles. The second-order valence-electron chi connectivity index (χ2n) is 5.70. The summed E-state index contributed by atoms with van der Waals surface area (Å²) in [4.78, 5) is 0. The van der Waals surface area contributed by atoms with Crippen LogP contribution < -0.4 is 0 Å². The van der Waals surface area contributed by atoms with Crippen molar-refractivity contribution in [1.29, 1.82) is 0 Å². The van der Waals surface area contributed by atoms with E-state index in [0.717, 1.165) is 0 Å². The molecule has 0 spiro atoms. The van der Waals surface area contributed by atoms with Gasteiger partial charge in [0.1, 0.15) is 0 Å². The molecular formula is C19H31. The number of hydrogen-bond acceptors (Lipinski definition) is 0. The van der Waals surface area contributed by atoms with Crippen LogP contribution in [0, 0.1) is 6.92 Å². The van der Waals surface area contributed by atoms with Crippen molar-refractivity contribution in [2.75, 3.05) is 0 Å². The minimum Gasteiger partial charge on any atom is -0.0654 e. The molecule has 0 saturated heterocycles. The standard InChI is InChI=1S/C19H31/c1-3-4-5-6-7-8-9-10-11-12-16-19-17-14-13-15-18(19)2/h13-15,17H,2-12,16H2,1H3. The second-order valence-corrected chi connectivity index (χ2v) is 5.70. The van der Waals surface area contributed by atoms with E-state index in [1.807, 2.05) is 0 Å².